The Morgan fingerprint density at radius 2 is 0.953 bits per heavy atom. The van der Waals surface area contributed by atoms with Gasteiger partial charge in [-0.25, -0.2) is 0 Å². The lowest BCUT2D eigenvalue weighted by Crippen LogP contribution is -2.20. The molecule has 9 rings (SSSR count). The van der Waals surface area contributed by atoms with Crippen molar-refractivity contribution in [1.29, 1.82) is 5.26 Å². The van der Waals surface area contributed by atoms with Crippen LogP contribution in [0.2, 0.25) is 0 Å². The van der Waals surface area contributed by atoms with Crippen LogP contribution in [0.4, 0.5) is 0 Å². The first kappa shape index (κ1) is 44.6. The average Bonchev–Trinajstić information content (AvgIpc) is 3.31. The Bertz CT molecular complexity index is 2660. The predicted molar refractivity (Wildman–Crippen MR) is 251 cm³/mol. The van der Waals surface area contributed by atoms with Crippen molar-refractivity contribution in [2.75, 3.05) is 0 Å². The van der Waals surface area contributed by atoms with E-state index in [0.29, 0.717) is 35.7 Å². The number of fused-ring (bicyclic) bond motifs is 2. The van der Waals surface area contributed by atoms with E-state index in [2.05, 4.69) is 97.1 Å². The fourth-order valence-electron chi connectivity index (χ4n) is 9.19. The molecule has 2 aliphatic carbocycles. The summed E-state index contributed by atoms with van der Waals surface area (Å²) in [6.07, 6.45) is 4.05. The predicted octanol–water partition coefficient (Wildman–Crippen LogP) is 12.8. The summed E-state index contributed by atoms with van der Waals surface area (Å²) in [7, 11) is 0. The molecule has 0 unspecified atom stereocenters. The van der Waals surface area contributed by atoms with E-state index in [1.807, 2.05) is 72.8 Å². The van der Waals surface area contributed by atoms with Gasteiger partial charge in [-0.15, -0.1) is 0 Å². The number of aromatic hydroxyl groups is 1. The molecule has 322 valence electrons. The molecule has 0 aliphatic heterocycles. The molecule has 0 radical (unpaired) electrons. The van der Waals surface area contributed by atoms with Gasteiger partial charge in [0.2, 0.25) is 0 Å². The van der Waals surface area contributed by atoms with Crippen LogP contribution < -0.4 is 14.2 Å². The van der Waals surface area contributed by atoms with Crippen molar-refractivity contribution >= 4 is 11.9 Å². The molecule has 0 bridgehead atoms. The van der Waals surface area contributed by atoms with Gasteiger partial charge in [0, 0.05) is 32.6 Å². The molecule has 7 heteroatoms. The smallest absolute Gasteiger partial charge is 0.308 e. The third-order valence-corrected chi connectivity index (χ3v) is 11.9. The molecule has 0 saturated carbocycles. The SMILES string of the molecule is CC#N.CC(=O)Oc1ccc([C@@H]2c3ccc(O)cc3CC[C@@H]2c2ccccc2)cc1.CC(=O)Oc1ccc([C@@H]2c3ccc(OCc4ccccc4)cc3CC[C@@H]2c2ccccc2)cc1. The van der Waals surface area contributed by atoms with Crippen LogP contribution in [-0.2, 0) is 29.0 Å². The van der Waals surface area contributed by atoms with Gasteiger partial charge in [0.15, 0.2) is 0 Å². The summed E-state index contributed by atoms with van der Waals surface area (Å²) in [4.78, 5) is 22.5. The number of carbonyl (C=O) groups excluding carboxylic acids is 2. The largest absolute Gasteiger partial charge is 0.508 e. The van der Waals surface area contributed by atoms with E-state index in [0.717, 1.165) is 37.0 Å². The molecule has 0 spiro atoms. The number of phenolic OH excluding ortho intramolecular Hbond substituents is 1. The van der Waals surface area contributed by atoms with Crippen molar-refractivity contribution in [3.63, 3.8) is 0 Å². The van der Waals surface area contributed by atoms with Gasteiger partial charge in [0.25, 0.3) is 0 Å². The first-order valence-electron chi connectivity index (χ1n) is 21.8. The number of phenols is 1. The lowest BCUT2D eigenvalue weighted by molar-refractivity contribution is -0.132. The Morgan fingerprint density at radius 3 is 1.41 bits per heavy atom. The highest BCUT2D eigenvalue weighted by Gasteiger charge is 2.33. The number of nitriles is 1. The van der Waals surface area contributed by atoms with Gasteiger partial charge in [-0.1, -0.05) is 127 Å². The average molecular weight is 848 g/mol. The van der Waals surface area contributed by atoms with E-state index in [4.69, 9.17) is 19.5 Å². The molecule has 2 aliphatic rings. The molecule has 0 aromatic heterocycles. The van der Waals surface area contributed by atoms with Gasteiger partial charge in [-0.2, -0.15) is 5.26 Å². The van der Waals surface area contributed by atoms with Crippen molar-refractivity contribution in [3.8, 4) is 29.1 Å². The highest BCUT2D eigenvalue weighted by atomic mass is 16.5. The number of hydrogen-bond acceptors (Lipinski definition) is 7. The third kappa shape index (κ3) is 11.3. The maximum absolute atomic E-state index is 11.3. The van der Waals surface area contributed by atoms with E-state index in [1.165, 1.54) is 65.3 Å². The highest BCUT2D eigenvalue weighted by molar-refractivity contribution is 5.69. The van der Waals surface area contributed by atoms with Gasteiger partial charge in [0.05, 0.1) is 6.07 Å². The molecular weight excluding hydrogens is 795 g/mol. The van der Waals surface area contributed by atoms with Crippen LogP contribution in [0, 0.1) is 11.3 Å². The quantitative estimate of drug-likeness (QED) is 0.114. The van der Waals surface area contributed by atoms with Crippen LogP contribution in [0.15, 0.2) is 176 Å². The van der Waals surface area contributed by atoms with Crippen molar-refractivity contribution in [2.45, 2.75) is 76.7 Å². The number of hydrogen-bond donors (Lipinski definition) is 1. The van der Waals surface area contributed by atoms with E-state index in [1.54, 1.807) is 12.1 Å². The molecule has 7 nitrogen and oxygen atoms in total. The van der Waals surface area contributed by atoms with Crippen molar-refractivity contribution in [2.24, 2.45) is 0 Å². The normalized spacial score (nSPS) is 17.0. The second kappa shape index (κ2) is 21.6. The Hall–Kier alpha value is -7.43. The minimum absolute atomic E-state index is 0.197. The van der Waals surface area contributed by atoms with Gasteiger partial charge in [-0.3, -0.25) is 9.59 Å². The van der Waals surface area contributed by atoms with Crippen LogP contribution in [0.3, 0.4) is 0 Å². The van der Waals surface area contributed by atoms with E-state index in [9.17, 15) is 14.7 Å². The zero-order valence-electron chi connectivity index (χ0n) is 36.5. The van der Waals surface area contributed by atoms with Crippen LogP contribution in [0.5, 0.6) is 23.0 Å². The van der Waals surface area contributed by atoms with Gasteiger partial charge < -0.3 is 19.3 Å². The lowest BCUT2D eigenvalue weighted by atomic mass is 9.69. The van der Waals surface area contributed by atoms with Crippen LogP contribution in [0.25, 0.3) is 0 Å². The number of nitrogens with zero attached hydrogens (tertiary/aromatic N) is 1. The Balaban J connectivity index is 0.000000185. The number of carbonyl (C=O) groups is 2. The Labute approximate surface area is 376 Å². The summed E-state index contributed by atoms with van der Waals surface area (Å²) in [5, 5.41) is 17.2. The molecule has 0 saturated heterocycles. The van der Waals surface area contributed by atoms with Crippen LogP contribution >= 0.6 is 0 Å². The van der Waals surface area contributed by atoms with Crippen LogP contribution in [-0.4, -0.2) is 17.0 Å². The zero-order chi connectivity index (χ0) is 44.8. The first-order chi connectivity index (χ1) is 31.2. The minimum atomic E-state index is -0.316. The molecule has 0 fully saturated rings. The molecule has 1 N–H and O–H groups in total. The third-order valence-electron chi connectivity index (χ3n) is 11.9. The lowest BCUT2D eigenvalue weighted by Gasteiger charge is -2.35. The summed E-state index contributed by atoms with van der Waals surface area (Å²) in [5.74, 6) is 2.90. The van der Waals surface area contributed by atoms with Crippen molar-refractivity contribution in [3.05, 3.63) is 226 Å². The molecule has 7 aromatic rings. The molecular formula is C57H53NO6. The highest BCUT2D eigenvalue weighted by Crippen LogP contribution is 2.48. The summed E-state index contributed by atoms with van der Waals surface area (Å²) in [6, 6.07) is 61.4. The van der Waals surface area contributed by atoms with Gasteiger partial charge in [0.1, 0.15) is 29.6 Å². The summed E-state index contributed by atoms with van der Waals surface area (Å²) in [6.45, 7) is 4.82. The zero-order valence-corrected chi connectivity index (χ0v) is 36.5. The fourth-order valence-corrected chi connectivity index (χ4v) is 9.19. The second-order valence-electron chi connectivity index (χ2n) is 16.1. The number of ether oxygens (including phenoxy) is 3. The van der Waals surface area contributed by atoms with Crippen molar-refractivity contribution < 1.29 is 28.9 Å². The maximum Gasteiger partial charge on any atom is 0.308 e. The molecule has 0 heterocycles. The van der Waals surface area contributed by atoms with Gasteiger partial charge in [-0.05, 0) is 136 Å². The molecule has 0 amide bonds. The standard InChI is InChI=1S/C31H28O3.C24H22O3.C2H3N/c1-22(32)34-27-15-12-25(13-16-27)31-29(24-10-6-3-7-11-24)18-14-26-20-28(17-19-30(26)31)33-21-23-8-4-2-5-9-23;1-16(25)27-21-11-7-18(8-12-21)24-22(17-5-3-2-4-6-17)13-9-19-15-20(26)10-14-23(19)24;1-2-3/h2-13,15-17,19-20,29,31H,14,18,21H2,1H3;2-8,10-12,14-15,22,24,26H,9,13H2,1H3;1H3/t29-,31+;22-,24+;/m11./s1. The van der Waals surface area contributed by atoms with Crippen LogP contribution in [0.1, 0.15) is 107 Å². The van der Waals surface area contributed by atoms with E-state index < -0.39 is 0 Å². The monoisotopic (exact) mass is 847 g/mol. The number of aryl methyl sites for hydroxylation is 2. The van der Waals surface area contributed by atoms with Gasteiger partial charge >= 0.3 is 11.9 Å². The minimum Gasteiger partial charge on any atom is -0.508 e. The van der Waals surface area contributed by atoms with Crippen molar-refractivity contribution in [1.82, 2.24) is 0 Å². The Kier molecular flexibility index (Phi) is 15.0. The summed E-state index contributed by atoms with van der Waals surface area (Å²) in [5.41, 5.74) is 11.4. The number of rotatable bonds is 9. The number of esters is 2. The first-order valence-corrected chi connectivity index (χ1v) is 21.8. The topological polar surface area (TPSA) is 106 Å². The summed E-state index contributed by atoms with van der Waals surface area (Å²) < 4.78 is 16.6. The maximum atomic E-state index is 11.3. The molecule has 4 atom stereocenters. The molecule has 64 heavy (non-hydrogen) atoms. The van der Waals surface area contributed by atoms with E-state index >= 15 is 0 Å². The molecule has 7 aromatic carbocycles. The summed E-state index contributed by atoms with van der Waals surface area (Å²) >= 11 is 0. The van der Waals surface area contributed by atoms with E-state index in [-0.39, 0.29) is 23.8 Å². The Morgan fingerprint density at radius 1 is 0.547 bits per heavy atom. The fraction of sp³-hybridized carbons (Fsp3) is 0.211. The second-order valence-corrected chi connectivity index (χ2v) is 16.1. The number of benzene rings is 7.